The zero-order valence-electron chi connectivity index (χ0n) is 17.2. The van der Waals surface area contributed by atoms with Crippen molar-refractivity contribution in [1.82, 2.24) is 9.71 Å². The number of aromatic nitrogens is 1. The molecule has 0 atom stereocenters. The number of aromatic hydroxyl groups is 1. The van der Waals surface area contributed by atoms with Crippen molar-refractivity contribution in [1.29, 1.82) is 0 Å². The first-order valence-corrected chi connectivity index (χ1v) is 11.5. The first-order chi connectivity index (χ1) is 16.1. The van der Waals surface area contributed by atoms with Gasteiger partial charge in [0.2, 0.25) is 15.9 Å². The van der Waals surface area contributed by atoms with Gasteiger partial charge in [-0.1, -0.05) is 23.7 Å². The molecule has 9 nitrogen and oxygen atoms in total. The molecule has 4 rings (SSSR count). The number of rotatable bonds is 7. The monoisotopic (exact) mass is 502 g/mol. The Bertz CT molecular complexity index is 1550. The summed E-state index contributed by atoms with van der Waals surface area (Å²) in [6.45, 7) is -0.120. The van der Waals surface area contributed by atoms with E-state index in [2.05, 4.69) is 19.9 Å². The Morgan fingerprint density at radius 3 is 2.62 bits per heavy atom. The molecule has 174 valence electrons. The predicted octanol–water partition coefficient (Wildman–Crippen LogP) is 5.26. The molecule has 1 aromatic heterocycles. The largest absolute Gasteiger partial charge is 0.493 e. The first-order valence-electron chi connectivity index (χ1n) is 9.67. The van der Waals surface area contributed by atoms with Crippen LogP contribution in [-0.2, 0) is 16.6 Å². The van der Waals surface area contributed by atoms with E-state index in [-0.39, 0.29) is 44.7 Å². The number of fused-ring (bicyclic) bond motifs is 1. The zero-order chi connectivity index (χ0) is 24.5. The van der Waals surface area contributed by atoms with Gasteiger partial charge in [0.15, 0.2) is 5.69 Å². The number of halogens is 2. The number of carbonyl (C=O) groups is 1. The zero-order valence-corrected chi connectivity index (χ0v) is 18.7. The Kier molecular flexibility index (Phi) is 6.33. The van der Waals surface area contributed by atoms with Crippen LogP contribution < -0.4 is 4.72 Å². The summed E-state index contributed by atoms with van der Waals surface area (Å²) in [5.41, 5.74) is 1.11. The summed E-state index contributed by atoms with van der Waals surface area (Å²) in [4.78, 5) is 13.7. The predicted molar refractivity (Wildman–Crippen MR) is 123 cm³/mol. The number of hydrogen-bond acceptors (Lipinski definition) is 6. The topological polar surface area (TPSA) is 144 Å². The second-order valence-corrected chi connectivity index (χ2v) is 9.33. The molecule has 0 aliphatic rings. The standard InChI is InChI=1S/C22H16ClFN4O5S/c23-17-8-12(4-6-18(17)24)11-25-34(32,33)15-5-7-19-16(10-15)20(21(29)26-19)28-27-14-3-1-2-13(9-14)22(30)31/h1-10,25-26,29H,11H2,(H,30,31). The normalized spacial score (nSPS) is 11.9. The number of benzene rings is 3. The molecule has 3 aromatic carbocycles. The van der Waals surface area contributed by atoms with Crippen molar-refractivity contribution in [2.24, 2.45) is 10.2 Å². The quantitative estimate of drug-likeness (QED) is 0.255. The fourth-order valence-corrected chi connectivity index (χ4v) is 4.38. The van der Waals surface area contributed by atoms with Crippen LogP contribution in [0.3, 0.4) is 0 Å². The maximum atomic E-state index is 13.3. The van der Waals surface area contributed by atoms with E-state index < -0.39 is 21.8 Å². The lowest BCUT2D eigenvalue weighted by Gasteiger charge is -2.08. The number of carboxylic acids is 1. The molecule has 0 saturated heterocycles. The molecule has 12 heteroatoms. The van der Waals surface area contributed by atoms with E-state index in [4.69, 9.17) is 16.7 Å². The van der Waals surface area contributed by atoms with E-state index in [0.29, 0.717) is 11.1 Å². The first kappa shape index (κ1) is 23.4. The van der Waals surface area contributed by atoms with Crippen molar-refractivity contribution in [2.45, 2.75) is 11.4 Å². The summed E-state index contributed by atoms with van der Waals surface area (Å²) >= 11 is 5.74. The van der Waals surface area contributed by atoms with Crippen molar-refractivity contribution in [3.63, 3.8) is 0 Å². The van der Waals surface area contributed by atoms with Gasteiger partial charge in [-0.25, -0.2) is 22.3 Å². The lowest BCUT2D eigenvalue weighted by Crippen LogP contribution is -2.23. The van der Waals surface area contributed by atoms with Gasteiger partial charge in [0.25, 0.3) is 0 Å². The summed E-state index contributed by atoms with van der Waals surface area (Å²) in [6, 6.07) is 13.7. The Morgan fingerprint density at radius 2 is 1.88 bits per heavy atom. The number of aromatic carboxylic acids is 1. The molecule has 0 radical (unpaired) electrons. The third-order valence-corrected chi connectivity index (χ3v) is 6.53. The molecule has 4 aromatic rings. The molecule has 0 saturated carbocycles. The maximum Gasteiger partial charge on any atom is 0.335 e. The van der Waals surface area contributed by atoms with Gasteiger partial charge in [0.1, 0.15) is 5.82 Å². The number of nitrogens with zero attached hydrogens (tertiary/aromatic N) is 2. The number of sulfonamides is 1. The third kappa shape index (κ3) is 4.91. The number of aromatic amines is 1. The fraction of sp³-hybridized carbons (Fsp3) is 0.0455. The molecule has 1 heterocycles. The van der Waals surface area contributed by atoms with Crippen LogP contribution in [0.4, 0.5) is 15.8 Å². The van der Waals surface area contributed by atoms with Gasteiger partial charge in [-0.15, -0.1) is 5.11 Å². The SMILES string of the molecule is O=C(O)c1cccc(N=Nc2c(O)[nH]c3ccc(S(=O)(=O)NCc4ccc(F)c(Cl)c4)cc23)c1. The molecule has 0 unspecified atom stereocenters. The molecular weight excluding hydrogens is 487 g/mol. The van der Waals surface area contributed by atoms with Crippen LogP contribution in [0, 0.1) is 5.82 Å². The molecule has 0 fully saturated rings. The summed E-state index contributed by atoms with van der Waals surface area (Å²) in [5, 5.41) is 27.4. The number of hydrogen-bond donors (Lipinski definition) is 4. The summed E-state index contributed by atoms with van der Waals surface area (Å²) < 4.78 is 41.3. The minimum absolute atomic E-state index is 0.0153. The molecule has 0 aliphatic carbocycles. The Morgan fingerprint density at radius 1 is 1.09 bits per heavy atom. The van der Waals surface area contributed by atoms with E-state index >= 15 is 0 Å². The minimum Gasteiger partial charge on any atom is -0.493 e. The van der Waals surface area contributed by atoms with Gasteiger partial charge in [0.05, 0.1) is 26.7 Å². The Balaban J connectivity index is 1.63. The van der Waals surface area contributed by atoms with Gasteiger partial charge in [0, 0.05) is 11.9 Å². The number of azo groups is 1. The van der Waals surface area contributed by atoms with Crippen LogP contribution in [-0.4, -0.2) is 29.6 Å². The highest BCUT2D eigenvalue weighted by molar-refractivity contribution is 7.89. The van der Waals surface area contributed by atoms with Crippen LogP contribution in [0.15, 0.2) is 75.8 Å². The maximum absolute atomic E-state index is 13.3. The highest BCUT2D eigenvalue weighted by Crippen LogP contribution is 2.37. The Hall–Kier alpha value is -3.80. The number of carboxylic acid groups (broad SMARTS) is 1. The average Bonchev–Trinajstić information content (AvgIpc) is 3.12. The molecule has 34 heavy (non-hydrogen) atoms. The smallest absolute Gasteiger partial charge is 0.335 e. The molecule has 4 N–H and O–H groups in total. The summed E-state index contributed by atoms with van der Waals surface area (Å²) in [7, 11) is -3.98. The fourth-order valence-electron chi connectivity index (χ4n) is 3.13. The minimum atomic E-state index is -3.98. The van der Waals surface area contributed by atoms with Crippen LogP contribution in [0.5, 0.6) is 5.88 Å². The van der Waals surface area contributed by atoms with E-state index in [1.807, 2.05) is 0 Å². The number of nitrogens with one attached hydrogen (secondary N) is 2. The Labute approximate surface area is 197 Å². The number of H-pyrrole nitrogens is 1. The molecule has 0 aliphatic heterocycles. The molecular formula is C22H16ClFN4O5S. The van der Waals surface area contributed by atoms with Gasteiger partial charge in [-0.05, 0) is 54.1 Å². The van der Waals surface area contributed by atoms with Crippen LogP contribution >= 0.6 is 11.6 Å². The second-order valence-electron chi connectivity index (χ2n) is 7.16. The van der Waals surface area contributed by atoms with E-state index in [1.54, 1.807) is 0 Å². The van der Waals surface area contributed by atoms with Crippen molar-refractivity contribution in [3.05, 3.63) is 82.6 Å². The van der Waals surface area contributed by atoms with Crippen LogP contribution in [0.2, 0.25) is 5.02 Å². The van der Waals surface area contributed by atoms with Crippen molar-refractivity contribution in [3.8, 4) is 5.88 Å². The van der Waals surface area contributed by atoms with E-state index in [9.17, 15) is 22.7 Å². The van der Waals surface area contributed by atoms with Crippen molar-refractivity contribution >= 4 is 49.9 Å². The molecule has 0 spiro atoms. The lowest BCUT2D eigenvalue weighted by molar-refractivity contribution is 0.0697. The van der Waals surface area contributed by atoms with Gasteiger partial charge < -0.3 is 15.2 Å². The van der Waals surface area contributed by atoms with Crippen molar-refractivity contribution in [2.75, 3.05) is 0 Å². The third-order valence-electron chi connectivity index (χ3n) is 4.84. The van der Waals surface area contributed by atoms with Gasteiger partial charge in [-0.3, -0.25) is 0 Å². The summed E-state index contributed by atoms with van der Waals surface area (Å²) in [5.74, 6) is -2.07. The van der Waals surface area contributed by atoms with Crippen LogP contribution in [0.25, 0.3) is 10.9 Å². The lowest BCUT2D eigenvalue weighted by atomic mass is 10.2. The average molecular weight is 503 g/mol. The second kappa shape index (κ2) is 9.21. The molecule has 0 bridgehead atoms. The summed E-state index contributed by atoms with van der Waals surface area (Å²) in [6.07, 6.45) is 0. The van der Waals surface area contributed by atoms with E-state index in [0.717, 1.165) is 6.07 Å². The van der Waals surface area contributed by atoms with Gasteiger partial charge >= 0.3 is 5.97 Å². The van der Waals surface area contributed by atoms with E-state index in [1.165, 1.54) is 54.6 Å². The highest BCUT2D eigenvalue weighted by Gasteiger charge is 2.18. The highest BCUT2D eigenvalue weighted by atomic mass is 35.5. The van der Waals surface area contributed by atoms with Gasteiger partial charge in [-0.2, -0.15) is 5.11 Å². The molecule has 0 amide bonds. The van der Waals surface area contributed by atoms with Crippen molar-refractivity contribution < 1.29 is 27.8 Å². The van der Waals surface area contributed by atoms with Crippen LogP contribution in [0.1, 0.15) is 15.9 Å².